The molecule has 0 saturated heterocycles. The number of aromatic nitrogens is 5. The smallest absolute Gasteiger partial charge is 0.255 e. The summed E-state index contributed by atoms with van der Waals surface area (Å²) in [7, 11) is 0. The average molecular weight is 477 g/mol. The number of carbonyl (C=O) groups excluding carboxylic acids is 1. The fraction of sp³-hybridized carbons (Fsp3) is 0.179. The third-order valence-corrected chi connectivity index (χ3v) is 6.33. The highest BCUT2D eigenvalue weighted by Crippen LogP contribution is 2.39. The maximum Gasteiger partial charge on any atom is 0.255 e. The zero-order valence-electron chi connectivity index (χ0n) is 19.9. The number of nitrogens with zero attached hydrogens (tertiary/aromatic N) is 4. The van der Waals surface area contributed by atoms with Gasteiger partial charge in [-0.15, -0.1) is 10.2 Å². The normalized spacial score (nSPS) is 13.1. The second-order valence-electron chi connectivity index (χ2n) is 9.13. The van der Waals surface area contributed by atoms with Crippen LogP contribution in [0.2, 0.25) is 0 Å². The van der Waals surface area contributed by atoms with Gasteiger partial charge in [-0.05, 0) is 74.7 Å². The molecular weight excluding hydrogens is 452 g/mol. The fourth-order valence-electron chi connectivity index (χ4n) is 4.11. The molecule has 2 N–H and O–H groups in total. The molecule has 0 atom stereocenters. The van der Waals surface area contributed by atoms with Gasteiger partial charge in [-0.2, -0.15) is 5.10 Å². The minimum Gasteiger partial charge on any atom is -0.416 e. The zero-order chi connectivity index (χ0) is 24.6. The minimum absolute atomic E-state index is 0.226. The van der Waals surface area contributed by atoms with Crippen molar-refractivity contribution in [2.75, 3.05) is 5.32 Å². The lowest BCUT2D eigenvalue weighted by Crippen LogP contribution is -2.12. The Morgan fingerprint density at radius 2 is 1.72 bits per heavy atom. The third-order valence-electron chi connectivity index (χ3n) is 6.33. The molecule has 2 aromatic heterocycles. The summed E-state index contributed by atoms with van der Waals surface area (Å²) in [6.07, 6.45) is 2.28. The van der Waals surface area contributed by atoms with Crippen LogP contribution in [-0.4, -0.2) is 31.3 Å². The Morgan fingerprint density at radius 3 is 2.50 bits per heavy atom. The van der Waals surface area contributed by atoms with Crippen molar-refractivity contribution in [2.45, 2.75) is 32.6 Å². The molecule has 1 amide bonds. The number of rotatable bonds is 6. The predicted octanol–water partition coefficient (Wildman–Crippen LogP) is 5.94. The molecule has 8 nitrogen and oxygen atoms in total. The lowest BCUT2D eigenvalue weighted by atomic mass is 10.1. The summed E-state index contributed by atoms with van der Waals surface area (Å²) < 4.78 is 5.89. The topological polar surface area (TPSA) is 110 Å². The summed E-state index contributed by atoms with van der Waals surface area (Å²) in [5, 5.41) is 18.8. The van der Waals surface area contributed by atoms with Gasteiger partial charge in [-0.25, -0.2) is 4.98 Å². The third kappa shape index (κ3) is 4.29. The Labute approximate surface area is 207 Å². The molecule has 1 saturated carbocycles. The number of hydrogen-bond acceptors (Lipinski definition) is 6. The van der Waals surface area contributed by atoms with Crippen LogP contribution in [0.15, 0.2) is 71.1 Å². The molecule has 0 bridgehead atoms. The first-order chi connectivity index (χ1) is 17.5. The van der Waals surface area contributed by atoms with Gasteiger partial charge in [0.05, 0.1) is 5.69 Å². The van der Waals surface area contributed by atoms with E-state index in [0.29, 0.717) is 34.8 Å². The number of aromatic amines is 1. The van der Waals surface area contributed by atoms with E-state index in [1.807, 2.05) is 56.3 Å². The van der Waals surface area contributed by atoms with E-state index in [2.05, 4.69) is 30.7 Å². The van der Waals surface area contributed by atoms with Crippen LogP contribution in [0.25, 0.3) is 34.3 Å². The van der Waals surface area contributed by atoms with Crippen molar-refractivity contribution in [3.05, 3.63) is 89.2 Å². The van der Waals surface area contributed by atoms with E-state index in [9.17, 15) is 4.79 Å². The van der Waals surface area contributed by atoms with Gasteiger partial charge in [-0.1, -0.05) is 29.8 Å². The minimum atomic E-state index is -0.226. The number of carbonyl (C=O) groups is 1. The first kappa shape index (κ1) is 21.9. The largest absolute Gasteiger partial charge is 0.416 e. The fourth-order valence-corrected chi connectivity index (χ4v) is 4.11. The molecule has 36 heavy (non-hydrogen) atoms. The van der Waals surface area contributed by atoms with Gasteiger partial charge in [0.15, 0.2) is 5.82 Å². The molecule has 1 aliphatic carbocycles. The number of amides is 1. The number of anilines is 1. The molecule has 8 heteroatoms. The van der Waals surface area contributed by atoms with Crippen molar-refractivity contribution in [3.63, 3.8) is 0 Å². The summed E-state index contributed by atoms with van der Waals surface area (Å²) in [6, 6.07) is 20.8. The first-order valence-corrected chi connectivity index (χ1v) is 11.9. The van der Waals surface area contributed by atoms with Crippen LogP contribution in [0.1, 0.15) is 46.1 Å². The summed E-state index contributed by atoms with van der Waals surface area (Å²) in [5.74, 6) is 2.61. The van der Waals surface area contributed by atoms with E-state index in [1.54, 1.807) is 24.3 Å². The summed E-state index contributed by atoms with van der Waals surface area (Å²) in [5.41, 5.74) is 5.73. The van der Waals surface area contributed by atoms with Crippen LogP contribution >= 0.6 is 0 Å². The highest BCUT2D eigenvalue weighted by Gasteiger charge is 2.27. The number of hydrogen-bond donors (Lipinski definition) is 2. The quantitative estimate of drug-likeness (QED) is 0.314. The molecule has 0 radical (unpaired) electrons. The Kier molecular flexibility index (Phi) is 5.41. The molecule has 1 fully saturated rings. The molecule has 0 spiro atoms. The van der Waals surface area contributed by atoms with Crippen molar-refractivity contribution in [2.24, 2.45) is 0 Å². The lowest BCUT2D eigenvalue weighted by Gasteiger charge is -2.10. The second kappa shape index (κ2) is 8.88. The zero-order valence-corrected chi connectivity index (χ0v) is 19.9. The van der Waals surface area contributed by atoms with Gasteiger partial charge in [0.25, 0.3) is 5.91 Å². The van der Waals surface area contributed by atoms with Crippen LogP contribution < -0.4 is 5.32 Å². The van der Waals surface area contributed by atoms with E-state index >= 15 is 0 Å². The van der Waals surface area contributed by atoms with E-state index in [-0.39, 0.29) is 5.91 Å². The van der Waals surface area contributed by atoms with Gasteiger partial charge in [0.1, 0.15) is 5.82 Å². The number of benzene rings is 3. The summed E-state index contributed by atoms with van der Waals surface area (Å²) in [6.45, 7) is 4.00. The van der Waals surface area contributed by atoms with E-state index in [1.165, 1.54) is 0 Å². The van der Waals surface area contributed by atoms with Crippen LogP contribution in [0.5, 0.6) is 0 Å². The van der Waals surface area contributed by atoms with E-state index < -0.39 is 0 Å². The van der Waals surface area contributed by atoms with Crippen LogP contribution in [0.4, 0.5) is 5.69 Å². The van der Waals surface area contributed by atoms with Crippen molar-refractivity contribution in [1.29, 1.82) is 0 Å². The Morgan fingerprint density at radius 1 is 0.944 bits per heavy atom. The summed E-state index contributed by atoms with van der Waals surface area (Å²) in [4.78, 5) is 17.7. The number of aryl methyl sites for hydroxylation is 2. The highest BCUT2D eigenvalue weighted by atomic mass is 16.4. The van der Waals surface area contributed by atoms with Gasteiger partial charge < -0.3 is 9.73 Å². The van der Waals surface area contributed by atoms with E-state index in [0.717, 1.165) is 46.5 Å². The number of H-pyrrole nitrogens is 1. The Balaban J connectivity index is 1.21. The number of nitrogens with one attached hydrogen (secondary N) is 2. The molecule has 1 aliphatic rings. The van der Waals surface area contributed by atoms with Crippen molar-refractivity contribution >= 4 is 11.6 Å². The monoisotopic (exact) mass is 476 g/mol. The first-order valence-electron chi connectivity index (χ1n) is 11.9. The Hall–Kier alpha value is -4.59. The maximum atomic E-state index is 13.1. The molecular formula is C28H24N6O2. The molecule has 0 aliphatic heterocycles. The molecule has 3 aromatic carbocycles. The lowest BCUT2D eigenvalue weighted by molar-refractivity contribution is 0.102. The predicted molar refractivity (Wildman–Crippen MR) is 136 cm³/mol. The van der Waals surface area contributed by atoms with Crippen molar-refractivity contribution < 1.29 is 9.21 Å². The second-order valence-corrected chi connectivity index (χ2v) is 9.13. The van der Waals surface area contributed by atoms with Crippen LogP contribution in [0, 0.1) is 13.8 Å². The van der Waals surface area contributed by atoms with Gasteiger partial charge in [0.2, 0.25) is 11.8 Å². The van der Waals surface area contributed by atoms with Crippen molar-refractivity contribution in [3.8, 4) is 34.3 Å². The van der Waals surface area contributed by atoms with Gasteiger partial charge in [-0.3, -0.25) is 9.89 Å². The van der Waals surface area contributed by atoms with Crippen molar-refractivity contribution in [1.82, 2.24) is 25.4 Å². The Bertz CT molecular complexity index is 1560. The standard InChI is InChI=1S/C28H24N6O2/c1-16-7-14-23(22(15-16)25-30-24(31-32-25)18-8-9-18)29-26(35)19-10-12-20(13-11-19)27-33-34-28(36-27)21-6-4-3-5-17(21)2/h3-7,10-15,18H,8-9H2,1-2H3,(H,29,35)(H,30,31,32). The summed E-state index contributed by atoms with van der Waals surface area (Å²) >= 11 is 0. The molecule has 6 rings (SSSR count). The highest BCUT2D eigenvalue weighted by molar-refractivity contribution is 6.06. The van der Waals surface area contributed by atoms with Gasteiger partial charge >= 0.3 is 0 Å². The van der Waals surface area contributed by atoms with Crippen LogP contribution in [-0.2, 0) is 0 Å². The SMILES string of the molecule is Cc1ccc(NC(=O)c2ccc(-c3nnc(-c4ccccc4C)o3)cc2)c(-c2n[nH]c(C3CC3)n2)c1. The van der Waals surface area contributed by atoms with E-state index in [4.69, 9.17) is 4.42 Å². The average Bonchev–Trinajstić information content (AvgIpc) is 3.42. The van der Waals surface area contributed by atoms with Gasteiger partial charge in [0, 0.05) is 28.2 Å². The molecule has 178 valence electrons. The molecule has 5 aromatic rings. The maximum absolute atomic E-state index is 13.1. The molecule has 2 heterocycles. The van der Waals surface area contributed by atoms with Crippen LogP contribution in [0.3, 0.4) is 0 Å². The molecule has 0 unspecified atom stereocenters.